The van der Waals surface area contributed by atoms with Crippen LogP contribution in [0.5, 0.6) is 0 Å². The Hall–Kier alpha value is -1.10. The van der Waals surface area contributed by atoms with Crippen LogP contribution >= 0.6 is 0 Å². The molecule has 2 fully saturated rings. The van der Waals surface area contributed by atoms with E-state index in [4.69, 9.17) is 5.11 Å². The fourth-order valence-corrected chi connectivity index (χ4v) is 3.04. The first-order chi connectivity index (χ1) is 9.16. The highest BCUT2D eigenvalue weighted by Gasteiger charge is 2.28. The molecule has 108 valence electrons. The molecule has 1 saturated carbocycles. The second-order valence-electron chi connectivity index (χ2n) is 5.75. The summed E-state index contributed by atoms with van der Waals surface area (Å²) in [6.07, 6.45) is 7.29. The quantitative estimate of drug-likeness (QED) is 0.720. The number of carbonyl (C=O) groups is 2. The highest BCUT2D eigenvalue weighted by Crippen LogP contribution is 2.24. The largest absolute Gasteiger partial charge is 0.481 e. The monoisotopic (exact) mass is 268 g/mol. The maximum atomic E-state index is 12.1. The Kier molecular flexibility index (Phi) is 5.19. The van der Waals surface area contributed by atoms with Crippen LogP contribution in [0.4, 0.5) is 0 Å². The summed E-state index contributed by atoms with van der Waals surface area (Å²) in [6.45, 7) is 0.920. The highest BCUT2D eigenvalue weighted by atomic mass is 16.4. The van der Waals surface area contributed by atoms with Crippen LogP contribution < -0.4 is 10.6 Å². The molecule has 1 amide bonds. The Morgan fingerprint density at radius 1 is 1.00 bits per heavy atom. The van der Waals surface area contributed by atoms with Crippen molar-refractivity contribution >= 4 is 11.9 Å². The van der Waals surface area contributed by atoms with Crippen LogP contribution in [0.3, 0.4) is 0 Å². The number of carboxylic acids is 1. The van der Waals surface area contributed by atoms with Gasteiger partial charge in [0.1, 0.15) is 0 Å². The van der Waals surface area contributed by atoms with Gasteiger partial charge in [0.15, 0.2) is 0 Å². The summed E-state index contributed by atoms with van der Waals surface area (Å²) in [5.74, 6) is -0.819. The van der Waals surface area contributed by atoms with Crippen molar-refractivity contribution in [2.75, 3.05) is 6.54 Å². The zero-order valence-corrected chi connectivity index (χ0v) is 11.4. The minimum absolute atomic E-state index is 0.0558. The van der Waals surface area contributed by atoms with Crippen molar-refractivity contribution in [3.63, 3.8) is 0 Å². The Morgan fingerprint density at radius 2 is 1.74 bits per heavy atom. The van der Waals surface area contributed by atoms with Gasteiger partial charge in [-0.05, 0) is 45.1 Å². The van der Waals surface area contributed by atoms with E-state index < -0.39 is 5.97 Å². The maximum absolute atomic E-state index is 12.1. The van der Waals surface area contributed by atoms with Crippen molar-refractivity contribution in [2.45, 2.75) is 63.5 Å². The van der Waals surface area contributed by atoms with Crippen LogP contribution in [-0.4, -0.2) is 35.6 Å². The Morgan fingerprint density at radius 3 is 2.42 bits per heavy atom. The second kappa shape index (κ2) is 6.89. The van der Waals surface area contributed by atoms with Gasteiger partial charge in [0, 0.05) is 6.04 Å². The Labute approximate surface area is 114 Å². The van der Waals surface area contributed by atoms with E-state index in [0.717, 1.165) is 38.6 Å². The van der Waals surface area contributed by atoms with Crippen LogP contribution in [0.2, 0.25) is 0 Å². The van der Waals surface area contributed by atoms with Crippen LogP contribution in [0, 0.1) is 5.92 Å². The highest BCUT2D eigenvalue weighted by molar-refractivity contribution is 5.82. The number of carboxylic acid groups (broad SMARTS) is 1. The van der Waals surface area contributed by atoms with E-state index in [2.05, 4.69) is 10.6 Å². The van der Waals surface area contributed by atoms with E-state index in [1.54, 1.807) is 0 Å². The van der Waals surface area contributed by atoms with Crippen molar-refractivity contribution in [3.05, 3.63) is 0 Å². The van der Waals surface area contributed by atoms with Crippen molar-refractivity contribution in [2.24, 2.45) is 5.92 Å². The lowest BCUT2D eigenvalue weighted by Gasteiger charge is -2.28. The van der Waals surface area contributed by atoms with Crippen molar-refractivity contribution in [1.82, 2.24) is 10.6 Å². The molecular formula is C14H24N2O3. The van der Waals surface area contributed by atoms with Crippen molar-refractivity contribution in [1.29, 1.82) is 0 Å². The molecule has 1 unspecified atom stereocenters. The minimum Gasteiger partial charge on any atom is -0.481 e. The zero-order valence-electron chi connectivity index (χ0n) is 11.4. The van der Waals surface area contributed by atoms with Gasteiger partial charge in [-0.1, -0.05) is 12.8 Å². The van der Waals surface area contributed by atoms with E-state index in [9.17, 15) is 9.59 Å². The normalized spacial score (nSPS) is 32.3. The third-order valence-electron chi connectivity index (χ3n) is 4.30. The molecule has 1 atom stereocenters. The van der Waals surface area contributed by atoms with Gasteiger partial charge in [-0.3, -0.25) is 9.59 Å². The lowest BCUT2D eigenvalue weighted by atomic mass is 9.86. The van der Waals surface area contributed by atoms with Gasteiger partial charge < -0.3 is 15.7 Å². The number of rotatable bonds is 3. The lowest BCUT2D eigenvalue weighted by molar-refractivity contribution is -0.142. The summed E-state index contributed by atoms with van der Waals surface area (Å²) in [6, 6.07) is 0.104. The number of carbonyl (C=O) groups excluding carboxylic acids is 1. The molecule has 1 heterocycles. The van der Waals surface area contributed by atoms with Gasteiger partial charge in [0.2, 0.25) is 5.91 Å². The molecule has 0 spiro atoms. The first-order valence-corrected chi connectivity index (χ1v) is 7.43. The van der Waals surface area contributed by atoms with Gasteiger partial charge in [-0.15, -0.1) is 0 Å². The van der Waals surface area contributed by atoms with Crippen molar-refractivity contribution in [3.8, 4) is 0 Å². The summed E-state index contributed by atoms with van der Waals surface area (Å²) in [5.41, 5.74) is 0. The smallest absolute Gasteiger partial charge is 0.306 e. The zero-order chi connectivity index (χ0) is 13.7. The Balaban J connectivity index is 1.75. The third-order valence-corrected chi connectivity index (χ3v) is 4.30. The molecule has 0 aromatic heterocycles. The average Bonchev–Trinajstić information content (AvgIpc) is 2.68. The van der Waals surface area contributed by atoms with Crippen molar-refractivity contribution < 1.29 is 14.7 Å². The maximum Gasteiger partial charge on any atom is 0.306 e. The van der Waals surface area contributed by atoms with Crippen LogP contribution in [-0.2, 0) is 9.59 Å². The minimum atomic E-state index is -0.699. The summed E-state index contributed by atoms with van der Waals surface area (Å²) >= 11 is 0. The van der Waals surface area contributed by atoms with Gasteiger partial charge in [-0.2, -0.15) is 0 Å². The average molecular weight is 268 g/mol. The number of hydrogen-bond acceptors (Lipinski definition) is 3. The molecule has 0 bridgehead atoms. The molecule has 5 nitrogen and oxygen atoms in total. The molecule has 0 aromatic carbocycles. The summed E-state index contributed by atoms with van der Waals surface area (Å²) in [7, 11) is 0. The molecule has 2 aliphatic rings. The van der Waals surface area contributed by atoms with Crippen LogP contribution in [0.15, 0.2) is 0 Å². The van der Waals surface area contributed by atoms with E-state index in [1.165, 1.54) is 6.42 Å². The summed E-state index contributed by atoms with van der Waals surface area (Å²) in [5, 5.41) is 15.3. The molecule has 3 N–H and O–H groups in total. The molecule has 2 rings (SSSR count). The fraction of sp³-hybridized carbons (Fsp3) is 0.857. The number of hydrogen-bond donors (Lipinski definition) is 3. The van der Waals surface area contributed by atoms with Gasteiger partial charge in [0.05, 0.1) is 12.0 Å². The van der Waals surface area contributed by atoms with Gasteiger partial charge >= 0.3 is 5.97 Å². The van der Waals surface area contributed by atoms with Crippen LogP contribution in [0.25, 0.3) is 0 Å². The third kappa shape index (κ3) is 4.20. The fourth-order valence-electron chi connectivity index (χ4n) is 3.04. The molecule has 5 heteroatoms. The number of amides is 1. The number of aliphatic carboxylic acids is 1. The summed E-state index contributed by atoms with van der Waals surface area (Å²) in [4.78, 5) is 23.0. The first-order valence-electron chi connectivity index (χ1n) is 7.43. The molecule has 1 aliphatic heterocycles. The van der Waals surface area contributed by atoms with Crippen LogP contribution in [0.1, 0.15) is 51.4 Å². The number of nitrogens with one attached hydrogen (secondary N) is 2. The molecule has 0 radical (unpaired) electrons. The van der Waals surface area contributed by atoms with E-state index in [0.29, 0.717) is 12.8 Å². The Bertz CT molecular complexity index is 317. The first kappa shape index (κ1) is 14.3. The molecule has 19 heavy (non-hydrogen) atoms. The SMILES string of the molecule is O=C(O)C1CCC(NC(=O)C2CCCCCN2)CC1. The van der Waals surface area contributed by atoms with Gasteiger partial charge in [0.25, 0.3) is 0 Å². The lowest BCUT2D eigenvalue weighted by Crippen LogP contribution is -2.48. The van der Waals surface area contributed by atoms with E-state index in [1.807, 2.05) is 0 Å². The molecular weight excluding hydrogens is 244 g/mol. The topological polar surface area (TPSA) is 78.4 Å². The molecule has 1 saturated heterocycles. The van der Waals surface area contributed by atoms with E-state index in [-0.39, 0.29) is 23.9 Å². The standard InChI is InChI=1S/C14H24N2O3/c17-13(12-4-2-1-3-9-15-12)16-11-7-5-10(6-8-11)14(18)19/h10-12,15H,1-9H2,(H,16,17)(H,18,19). The molecule has 1 aliphatic carbocycles. The molecule has 0 aromatic rings. The van der Waals surface area contributed by atoms with Gasteiger partial charge in [-0.25, -0.2) is 0 Å². The predicted molar refractivity (Wildman–Crippen MR) is 71.8 cm³/mol. The summed E-state index contributed by atoms with van der Waals surface area (Å²) < 4.78 is 0. The van der Waals surface area contributed by atoms with E-state index >= 15 is 0 Å². The predicted octanol–water partition coefficient (Wildman–Crippen LogP) is 1.28. The second-order valence-corrected chi connectivity index (χ2v) is 5.75.